The maximum absolute atomic E-state index is 6.15. The molecule has 0 fully saturated rings. The first-order valence-electron chi connectivity index (χ1n) is 8.84. The van der Waals surface area contributed by atoms with Crippen molar-refractivity contribution in [1.29, 1.82) is 0 Å². The second-order valence-corrected chi connectivity index (χ2v) is 6.23. The lowest BCUT2D eigenvalue weighted by Crippen LogP contribution is -2.05. The molecule has 0 radical (unpaired) electrons. The van der Waals surface area contributed by atoms with Crippen LogP contribution in [0, 0.1) is 0 Å². The van der Waals surface area contributed by atoms with Crippen molar-refractivity contribution < 1.29 is 4.74 Å². The highest BCUT2D eigenvalue weighted by Crippen LogP contribution is 2.36. The molecule has 0 unspecified atom stereocenters. The number of hydrogen-bond donors (Lipinski definition) is 0. The van der Waals surface area contributed by atoms with Gasteiger partial charge in [0, 0.05) is 17.7 Å². The van der Waals surface area contributed by atoms with Gasteiger partial charge in [-0.3, -0.25) is 9.98 Å². The first kappa shape index (κ1) is 16.3. The molecule has 0 aromatic heterocycles. The van der Waals surface area contributed by atoms with Gasteiger partial charge in [0.15, 0.2) is 5.76 Å². The molecule has 0 bridgehead atoms. The van der Waals surface area contributed by atoms with Crippen LogP contribution >= 0.6 is 0 Å². The summed E-state index contributed by atoms with van der Waals surface area (Å²) in [7, 11) is 0. The monoisotopic (exact) mass is 340 g/mol. The fraction of sp³-hybridized carbons (Fsp3) is 0.130. The van der Waals surface area contributed by atoms with Gasteiger partial charge in [0.1, 0.15) is 17.2 Å². The van der Waals surface area contributed by atoms with E-state index in [1.807, 2.05) is 36.4 Å². The fourth-order valence-electron chi connectivity index (χ4n) is 3.20. The Balaban J connectivity index is 1.89. The molecule has 1 heterocycles. The zero-order valence-electron chi connectivity index (χ0n) is 14.8. The lowest BCUT2D eigenvalue weighted by molar-refractivity contribution is 0.470. The van der Waals surface area contributed by atoms with E-state index in [2.05, 4.69) is 49.0 Å². The number of nitrogens with zero attached hydrogens (tertiary/aromatic N) is 2. The van der Waals surface area contributed by atoms with Crippen molar-refractivity contribution in [3.8, 4) is 5.75 Å². The van der Waals surface area contributed by atoms with Crippen molar-refractivity contribution in [3.05, 3.63) is 83.6 Å². The number of para-hydroxylation sites is 1. The molecule has 1 aliphatic rings. The lowest BCUT2D eigenvalue weighted by atomic mass is 10.0. The zero-order chi connectivity index (χ0) is 17.9. The summed E-state index contributed by atoms with van der Waals surface area (Å²) in [5.74, 6) is 1.50. The molecule has 4 rings (SSSR count). The Hall–Kier alpha value is -3.20. The van der Waals surface area contributed by atoms with Gasteiger partial charge in [-0.1, -0.05) is 55.5 Å². The Morgan fingerprint density at radius 3 is 2.54 bits per heavy atom. The standard InChI is InChI=1S/C23H20N2O/c1-3-14-25-22-19-10-6-7-11-20(19)26-23(22)21(24-2)18-13-12-16-8-4-5-9-17(16)15-18/h4-13,15H,2-3,14H2,1H3/b23-21+,25-22?. The van der Waals surface area contributed by atoms with Gasteiger partial charge in [0.2, 0.25) is 0 Å². The highest BCUT2D eigenvalue weighted by Gasteiger charge is 2.28. The molecule has 3 aromatic rings. The summed E-state index contributed by atoms with van der Waals surface area (Å²) in [5.41, 5.74) is 3.57. The van der Waals surface area contributed by atoms with Crippen LogP contribution in [0.25, 0.3) is 16.5 Å². The van der Waals surface area contributed by atoms with Gasteiger partial charge >= 0.3 is 0 Å². The molecule has 0 atom stereocenters. The average Bonchev–Trinajstić information content (AvgIpc) is 3.05. The van der Waals surface area contributed by atoms with Crippen LogP contribution in [0.3, 0.4) is 0 Å². The largest absolute Gasteiger partial charge is 0.452 e. The molecule has 3 aromatic carbocycles. The van der Waals surface area contributed by atoms with Gasteiger partial charge in [-0.2, -0.15) is 0 Å². The summed E-state index contributed by atoms with van der Waals surface area (Å²) in [6, 6.07) is 22.5. The highest BCUT2D eigenvalue weighted by molar-refractivity contribution is 6.19. The van der Waals surface area contributed by atoms with Crippen molar-refractivity contribution in [3.63, 3.8) is 0 Å². The summed E-state index contributed by atoms with van der Waals surface area (Å²) in [6.45, 7) is 6.66. The van der Waals surface area contributed by atoms with Crippen molar-refractivity contribution >= 4 is 28.9 Å². The van der Waals surface area contributed by atoms with Gasteiger partial charge in [-0.15, -0.1) is 0 Å². The van der Waals surface area contributed by atoms with E-state index in [1.54, 1.807) is 0 Å². The number of rotatable bonds is 4. The summed E-state index contributed by atoms with van der Waals surface area (Å²) >= 11 is 0. The summed E-state index contributed by atoms with van der Waals surface area (Å²) in [6.07, 6.45) is 0.978. The fourth-order valence-corrected chi connectivity index (χ4v) is 3.20. The number of allylic oxidation sites excluding steroid dienone is 1. The minimum Gasteiger partial charge on any atom is -0.452 e. The smallest absolute Gasteiger partial charge is 0.179 e. The van der Waals surface area contributed by atoms with Gasteiger partial charge in [-0.05, 0) is 42.1 Å². The molecule has 3 heteroatoms. The molecule has 0 aliphatic carbocycles. The average molecular weight is 340 g/mol. The molecule has 0 spiro atoms. The number of aliphatic imine (C=N–C) groups is 2. The van der Waals surface area contributed by atoms with Crippen LogP contribution in [-0.4, -0.2) is 19.0 Å². The highest BCUT2D eigenvalue weighted by atomic mass is 16.5. The van der Waals surface area contributed by atoms with Crippen LogP contribution < -0.4 is 4.74 Å². The number of fused-ring (bicyclic) bond motifs is 2. The van der Waals surface area contributed by atoms with Crippen molar-refractivity contribution in [2.75, 3.05) is 6.54 Å². The molecule has 0 N–H and O–H groups in total. The Morgan fingerprint density at radius 2 is 1.73 bits per heavy atom. The van der Waals surface area contributed by atoms with E-state index in [0.29, 0.717) is 5.76 Å². The molecular weight excluding hydrogens is 320 g/mol. The molecule has 26 heavy (non-hydrogen) atoms. The van der Waals surface area contributed by atoms with Crippen LogP contribution in [0.4, 0.5) is 0 Å². The molecule has 3 nitrogen and oxygen atoms in total. The third-order valence-corrected chi connectivity index (χ3v) is 4.46. The number of benzene rings is 3. The molecule has 128 valence electrons. The van der Waals surface area contributed by atoms with E-state index in [1.165, 1.54) is 5.39 Å². The van der Waals surface area contributed by atoms with Gasteiger partial charge in [-0.25, -0.2) is 0 Å². The van der Waals surface area contributed by atoms with Crippen LogP contribution in [0.15, 0.2) is 82.5 Å². The van der Waals surface area contributed by atoms with Crippen molar-refractivity contribution in [2.45, 2.75) is 13.3 Å². The van der Waals surface area contributed by atoms with E-state index in [9.17, 15) is 0 Å². The predicted octanol–water partition coefficient (Wildman–Crippen LogP) is 5.50. The van der Waals surface area contributed by atoms with Gasteiger partial charge in [0.05, 0.1) is 0 Å². The first-order chi connectivity index (χ1) is 12.8. The second-order valence-electron chi connectivity index (χ2n) is 6.23. The molecule has 0 saturated heterocycles. The van der Waals surface area contributed by atoms with E-state index >= 15 is 0 Å². The van der Waals surface area contributed by atoms with E-state index in [-0.39, 0.29) is 0 Å². The SMILES string of the molecule is C=N/C(=C1/Oc2ccccc2C1=NCCC)c1ccc2ccccc2c1. The third-order valence-electron chi connectivity index (χ3n) is 4.46. The second kappa shape index (κ2) is 6.96. The first-order valence-corrected chi connectivity index (χ1v) is 8.84. The molecule has 0 amide bonds. The van der Waals surface area contributed by atoms with Crippen LogP contribution in [0.1, 0.15) is 24.5 Å². The number of hydrogen-bond acceptors (Lipinski definition) is 3. The van der Waals surface area contributed by atoms with Gasteiger partial charge < -0.3 is 4.74 Å². The van der Waals surface area contributed by atoms with Gasteiger partial charge in [0.25, 0.3) is 0 Å². The summed E-state index contributed by atoms with van der Waals surface area (Å²) in [5, 5.41) is 2.36. The molecule has 0 saturated carbocycles. The third kappa shape index (κ3) is 2.82. The summed E-state index contributed by atoms with van der Waals surface area (Å²) < 4.78 is 6.15. The van der Waals surface area contributed by atoms with E-state index < -0.39 is 0 Å². The number of ether oxygens (including phenoxy) is 1. The summed E-state index contributed by atoms with van der Waals surface area (Å²) in [4.78, 5) is 9.08. The maximum Gasteiger partial charge on any atom is 0.179 e. The topological polar surface area (TPSA) is 34.0 Å². The van der Waals surface area contributed by atoms with Crippen LogP contribution in [0.5, 0.6) is 5.75 Å². The minimum absolute atomic E-state index is 0.685. The zero-order valence-corrected chi connectivity index (χ0v) is 14.8. The van der Waals surface area contributed by atoms with Crippen LogP contribution in [-0.2, 0) is 0 Å². The molecular formula is C23H20N2O. The Kier molecular flexibility index (Phi) is 4.36. The normalized spacial score (nSPS) is 16.4. The Bertz CT molecular complexity index is 1050. The van der Waals surface area contributed by atoms with E-state index in [0.717, 1.165) is 46.6 Å². The van der Waals surface area contributed by atoms with E-state index in [4.69, 9.17) is 9.73 Å². The Morgan fingerprint density at radius 1 is 0.962 bits per heavy atom. The maximum atomic E-state index is 6.15. The lowest BCUT2D eigenvalue weighted by Gasteiger charge is -2.09. The Labute approximate surface area is 153 Å². The van der Waals surface area contributed by atoms with Crippen molar-refractivity contribution in [2.24, 2.45) is 9.98 Å². The minimum atomic E-state index is 0.685. The van der Waals surface area contributed by atoms with Crippen LogP contribution in [0.2, 0.25) is 0 Å². The predicted molar refractivity (Wildman–Crippen MR) is 109 cm³/mol. The quantitative estimate of drug-likeness (QED) is 0.577. The van der Waals surface area contributed by atoms with Crippen molar-refractivity contribution in [1.82, 2.24) is 0 Å². The molecule has 1 aliphatic heterocycles.